The summed E-state index contributed by atoms with van der Waals surface area (Å²) in [4.78, 5) is 0. The Morgan fingerprint density at radius 2 is 1.71 bits per heavy atom. The smallest absolute Gasteiger partial charge is 0.115 e. The van der Waals surface area contributed by atoms with Gasteiger partial charge in [0.25, 0.3) is 0 Å². The van der Waals surface area contributed by atoms with E-state index in [-0.39, 0.29) is 11.8 Å². The molecule has 0 fully saturated rings. The van der Waals surface area contributed by atoms with E-state index < -0.39 is 0 Å². The number of nitrogens with zero attached hydrogens (tertiary/aromatic N) is 2. The van der Waals surface area contributed by atoms with Gasteiger partial charge >= 0.3 is 0 Å². The first-order chi connectivity index (χ1) is 10.2. The van der Waals surface area contributed by atoms with Crippen LogP contribution in [0.5, 0.6) is 5.75 Å². The highest BCUT2D eigenvalue weighted by atomic mass is 16.3. The number of phenolic OH excluding ortho intramolecular Hbond substituents is 1. The molecule has 2 aromatic rings. The first-order valence-corrected chi connectivity index (χ1v) is 6.67. The largest absolute Gasteiger partial charge is 0.508 e. The van der Waals surface area contributed by atoms with Crippen LogP contribution in [0.3, 0.4) is 0 Å². The number of benzene rings is 2. The predicted octanol–water partition coefficient (Wildman–Crippen LogP) is 3.70. The first-order valence-electron chi connectivity index (χ1n) is 6.67. The van der Waals surface area contributed by atoms with Crippen LogP contribution in [0.15, 0.2) is 42.5 Å². The summed E-state index contributed by atoms with van der Waals surface area (Å²) in [5, 5.41) is 30.7. The average molecular weight is 277 g/mol. The standard InChI is InChI=1S/C17H15N3O/c1-2-17(12-4-7-16(21)8-5-12)20-15-6-3-13(10-18)14(9-15)11-19/h3-9,17,20-21H,2H2,1H3. The number of nitriles is 2. The summed E-state index contributed by atoms with van der Waals surface area (Å²) < 4.78 is 0. The van der Waals surface area contributed by atoms with Crippen molar-refractivity contribution in [3.63, 3.8) is 0 Å². The molecule has 0 bridgehead atoms. The number of phenols is 1. The third-order valence-corrected chi connectivity index (χ3v) is 3.31. The molecular formula is C17H15N3O. The van der Waals surface area contributed by atoms with Crippen LogP contribution in [0.4, 0.5) is 5.69 Å². The van der Waals surface area contributed by atoms with Crippen LogP contribution >= 0.6 is 0 Å². The van der Waals surface area contributed by atoms with Crippen LogP contribution in [-0.4, -0.2) is 5.11 Å². The molecule has 104 valence electrons. The van der Waals surface area contributed by atoms with Gasteiger partial charge in [-0.1, -0.05) is 19.1 Å². The zero-order chi connectivity index (χ0) is 15.2. The predicted molar refractivity (Wildman–Crippen MR) is 80.6 cm³/mol. The minimum Gasteiger partial charge on any atom is -0.508 e. The molecule has 0 aliphatic heterocycles. The van der Waals surface area contributed by atoms with Crippen molar-refractivity contribution < 1.29 is 5.11 Å². The van der Waals surface area contributed by atoms with Crippen molar-refractivity contribution >= 4 is 5.69 Å². The molecule has 0 spiro atoms. The van der Waals surface area contributed by atoms with E-state index in [0.717, 1.165) is 17.7 Å². The third kappa shape index (κ3) is 3.32. The normalized spacial score (nSPS) is 11.2. The van der Waals surface area contributed by atoms with Gasteiger partial charge in [0.2, 0.25) is 0 Å². The molecule has 0 saturated carbocycles. The fourth-order valence-electron chi connectivity index (χ4n) is 2.15. The lowest BCUT2D eigenvalue weighted by atomic mass is 10.0. The van der Waals surface area contributed by atoms with E-state index in [1.165, 1.54) is 0 Å². The van der Waals surface area contributed by atoms with Crippen LogP contribution < -0.4 is 5.32 Å². The number of rotatable bonds is 4. The molecule has 0 saturated heterocycles. The van der Waals surface area contributed by atoms with Gasteiger partial charge in [-0.15, -0.1) is 0 Å². The van der Waals surface area contributed by atoms with E-state index >= 15 is 0 Å². The second-order valence-electron chi connectivity index (χ2n) is 4.68. The van der Waals surface area contributed by atoms with E-state index in [1.54, 1.807) is 30.3 Å². The lowest BCUT2D eigenvalue weighted by Gasteiger charge is -2.19. The maximum Gasteiger partial charge on any atom is 0.115 e. The summed E-state index contributed by atoms with van der Waals surface area (Å²) in [5.41, 5.74) is 2.59. The van der Waals surface area contributed by atoms with Gasteiger partial charge in [0, 0.05) is 5.69 Å². The van der Waals surface area contributed by atoms with E-state index in [2.05, 4.69) is 12.2 Å². The maximum absolute atomic E-state index is 9.34. The van der Waals surface area contributed by atoms with Crippen LogP contribution in [0.1, 0.15) is 36.1 Å². The minimum atomic E-state index is 0.0741. The Hall–Kier alpha value is -2.98. The molecule has 1 atom stereocenters. The van der Waals surface area contributed by atoms with Crippen molar-refractivity contribution in [2.45, 2.75) is 19.4 Å². The van der Waals surface area contributed by atoms with E-state index in [0.29, 0.717) is 11.1 Å². The van der Waals surface area contributed by atoms with Gasteiger partial charge in [-0.3, -0.25) is 0 Å². The molecule has 4 heteroatoms. The molecule has 2 aromatic carbocycles. The lowest BCUT2D eigenvalue weighted by molar-refractivity contribution is 0.475. The molecule has 2 rings (SSSR count). The van der Waals surface area contributed by atoms with E-state index in [9.17, 15) is 5.11 Å². The monoisotopic (exact) mass is 277 g/mol. The molecule has 0 aliphatic carbocycles. The molecule has 0 amide bonds. The Balaban J connectivity index is 2.25. The summed E-state index contributed by atoms with van der Waals surface area (Å²) >= 11 is 0. The molecule has 0 radical (unpaired) electrons. The van der Waals surface area contributed by atoms with Gasteiger partial charge < -0.3 is 10.4 Å². The van der Waals surface area contributed by atoms with Gasteiger partial charge in [-0.25, -0.2) is 0 Å². The Kier molecular flexibility index (Phi) is 4.43. The Morgan fingerprint density at radius 3 is 2.29 bits per heavy atom. The molecule has 0 aromatic heterocycles. The van der Waals surface area contributed by atoms with Crippen molar-refractivity contribution in [1.29, 1.82) is 10.5 Å². The Labute approximate surface area is 123 Å². The zero-order valence-corrected chi connectivity index (χ0v) is 11.7. The topological polar surface area (TPSA) is 79.8 Å². The molecule has 1 unspecified atom stereocenters. The van der Waals surface area contributed by atoms with Gasteiger partial charge in [-0.05, 0) is 42.3 Å². The second kappa shape index (κ2) is 6.45. The van der Waals surface area contributed by atoms with Crippen LogP contribution in [0.25, 0.3) is 0 Å². The number of anilines is 1. The summed E-state index contributed by atoms with van der Waals surface area (Å²) in [5.74, 6) is 0.235. The third-order valence-electron chi connectivity index (χ3n) is 3.31. The lowest BCUT2D eigenvalue weighted by Crippen LogP contribution is -2.09. The number of hydrogen-bond donors (Lipinski definition) is 2. The van der Waals surface area contributed by atoms with Crippen molar-refractivity contribution in [2.75, 3.05) is 5.32 Å². The zero-order valence-electron chi connectivity index (χ0n) is 11.7. The summed E-state index contributed by atoms with van der Waals surface area (Å²) in [6.07, 6.45) is 0.854. The summed E-state index contributed by atoms with van der Waals surface area (Å²) in [7, 11) is 0. The molecule has 0 aliphatic rings. The Morgan fingerprint density at radius 1 is 1.05 bits per heavy atom. The number of aromatic hydroxyl groups is 1. The molecule has 0 heterocycles. The Bertz CT molecular complexity index is 708. The SMILES string of the molecule is CCC(Nc1ccc(C#N)c(C#N)c1)c1ccc(O)cc1. The number of nitrogens with one attached hydrogen (secondary N) is 1. The highest BCUT2D eigenvalue weighted by molar-refractivity contribution is 5.57. The van der Waals surface area contributed by atoms with Gasteiger partial charge in [0.05, 0.1) is 17.2 Å². The fraction of sp³-hybridized carbons (Fsp3) is 0.176. The maximum atomic E-state index is 9.34. The van der Waals surface area contributed by atoms with Crippen molar-refractivity contribution in [3.05, 3.63) is 59.2 Å². The van der Waals surface area contributed by atoms with Gasteiger partial charge in [0.1, 0.15) is 17.9 Å². The van der Waals surface area contributed by atoms with Crippen molar-refractivity contribution in [1.82, 2.24) is 0 Å². The van der Waals surface area contributed by atoms with Crippen LogP contribution in [0.2, 0.25) is 0 Å². The van der Waals surface area contributed by atoms with Crippen molar-refractivity contribution in [3.8, 4) is 17.9 Å². The summed E-state index contributed by atoms with van der Waals surface area (Å²) in [6.45, 7) is 2.05. The highest BCUT2D eigenvalue weighted by Crippen LogP contribution is 2.25. The van der Waals surface area contributed by atoms with Gasteiger partial charge in [0.15, 0.2) is 0 Å². The molecule has 2 N–H and O–H groups in total. The highest BCUT2D eigenvalue weighted by Gasteiger charge is 2.10. The number of hydrogen-bond acceptors (Lipinski definition) is 4. The molecule has 4 nitrogen and oxygen atoms in total. The van der Waals surface area contributed by atoms with Crippen LogP contribution in [-0.2, 0) is 0 Å². The van der Waals surface area contributed by atoms with Crippen LogP contribution in [0, 0.1) is 22.7 Å². The van der Waals surface area contributed by atoms with E-state index in [4.69, 9.17) is 10.5 Å². The van der Waals surface area contributed by atoms with Gasteiger partial charge in [-0.2, -0.15) is 10.5 Å². The van der Waals surface area contributed by atoms with E-state index in [1.807, 2.05) is 24.3 Å². The quantitative estimate of drug-likeness (QED) is 0.893. The molecule has 21 heavy (non-hydrogen) atoms. The minimum absolute atomic E-state index is 0.0741. The average Bonchev–Trinajstić information content (AvgIpc) is 2.53. The first kappa shape index (κ1) is 14.4. The van der Waals surface area contributed by atoms with Crippen molar-refractivity contribution in [2.24, 2.45) is 0 Å². The second-order valence-corrected chi connectivity index (χ2v) is 4.68. The fourth-order valence-corrected chi connectivity index (χ4v) is 2.15. The molecular weight excluding hydrogens is 262 g/mol. The summed E-state index contributed by atoms with van der Waals surface area (Å²) in [6, 6.07) is 16.3.